The number of rotatable bonds is 6. The van der Waals surface area contributed by atoms with Crippen molar-refractivity contribution in [3.8, 4) is 0 Å². The number of hydrogen-bond acceptors (Lipinski definition) is 2. The number of nitrogens with zero attached hydrogens (tertiary/aromatic N) is 2. The van der Waals surface area contributed by atoms with E-state index < -0.39 is 0 Å². The van der Waals surface area contributed by atoms with Gasteiger partial charge in [0.15, 0.2) is 0 Å². The zero-order chi connectivity index (χ0) is 17.6. The van der Waals surface area contributed by atoms with E-state index in [2.05, 4.69) is 27.7 Å². The Morgan fingerprint density at radius 3 is 2.09 bits per heavy atom. The summed E-state index contributed by atoms with van der Waals surface area (Å²) in [6, 6.07) is 7.88. The number of likely N-dealkylation sites (N-methyl/N-ethyl adjacent to an activating group) is 1. The van der Waals surface area contributed by atoms with Crippen molar-refractivity contribution in [3.63, 3.8) is 0 Å². The van der Waals surface area contributed by atoms with Crippen LogP contribution in [0.5, 0.6) is 0 Å². The Balaban J connectivity index is 2.87. The lowest BCUT2D eigenvalue weighted by Crippen LogP contribution is -2.41. The minimum Gasteiger partial charge on any atom is -0.344 e. The highest BCUT2D eigenvalue weighted by molar-refractivity contribution is 5.97. The van der Waals surface area contributed by atoms with E-state index >= 15 is 0 Å². The maximum absolute atomic E-state index is 12.3. The van der Waals surface area contributed by atoms with Crippen LogP contribution in [-0.4, -0.2) is 36.9 Å². The zero-order valence-corrected chi connectivity index (χ0v) is 15.3. The molecule has 0 aliphatic rings. The highest BCUT2D eigenvalue weighted by atomic mass is 16.2. The van der Waals surface area contributed by atoms with Gasteiger partial charge in [-0.3, -0.25) is 9.59 Å². The van der Waals surface area contributed by atoms with Gasteiger partial charge in [0.25, 0.3) is 0 Å². The van der Waals surface area contributed by atoms with Crippen LogP contribution >= 0.6 is 0 Å². The van der Waals surface area contributed by atoms with Gasteiger partial charge in [0.1, 0.15) is 6.54 Å². The molecule has 1 aromatic carbocycles. The van der Waals surface area contributed by atoms with Crippen molar-refractivity contribution in [2.45, 2.75) is 52.9 Å². The van der Waals surface area contributed by atoms with Crippen LogP contribution in [0.15, 0.2) is 24.3 Å². The van der Waals surface area contributed by atoms with Crippen LogP contribution in [0.2, 0.25) is 0 Å². The molecule has 0 aliphatic carbocycles. The largest absolute Gasteiger partial charge is 0.344 e. The van der Waals surface area contributed by atoms with Gasteiger partial charge in [0.2, 0.25) is 11.8 Å². The number of carbonyl (C=O) groups excluding carboxylic acids is 2. The Kier molecular flexibility index (Phi) is 6.79. The molecular formula is C19H30N2O2. The predicted octanol–water partition coefficient (Wildman–Crippen LogP) is 3.60. The number of amides is 2. The first kappa shape index (κ1) is 19.2. The number of benzene rings is 1. The number of carbonyl (C=O) groups is 2. The summed E-state index contributed by atoms with van der Waals surface area (Å²) >= 11 is 0. The van der Waals surface area contributed by atoms with E-state index in [0.29, 0.717) is 0 Å². The molecule has 0 unspecified atom stereocenters. The molecule has 0 heterocycles. The molecule has 0 fully saturated rings. The summed E-state index contributed by atoms with van der Waals surface area (Å²) in [5.74, 6) is -0.153. The summed E-state index contributed by atoms with van der Waals surface area (Å²) < 4.78 is 0. The van der Waals surface area contributed by atoms with Crippen LogP contribution in [0.25, 0.3) is 0 Å². The molecule has 0 spiro atoms. The SMILES string of the molecule is CCCCN(C)C(=O)CN(C(C)=O)c1ccc(C(C)(C)C)cc1. The van der Waals surface area contributed by atoms with Gasteiger partial charge in [-0.25, -0.2) is 0 Å². The third kappa shape index (κ3) is 5.70. The lowest BCUT2D eigenvalue weighted by molar-refractivity contribution is -0.130. The van der Waals surface area contributed by atoms with E-state index in [9.17, 15) is 9.59 Å². The topological polar surface area (TPSA) is 40.6 Å². The fourth-order valence-electron chi connectivity index (χ4n) is 2.30. The molecule has 4 heteroatoms. The van der Waals surface area contributed by atoms with Crippen molar-refractivity contribution in [1.82, 2.24) is 4.90 Å². The predicted molar refractivity (Wildman–Crippen MR) is 95.7 cm³/mol. The second-order valence-electron chi connectivity index (χ2n) is 7.07. The molecule has 1 rings (SSSR count). The second-order valence-corrected chi connectivity index (χ2v) is 7.07. The summed E-state index contributed by atoms with van der Waals surface area (Å²) in [4.78, 5) is 27.5. The molecule has 2 amide bonds. The third-order valence-corrected chi connectivity index (χ3v) is 3.99. The van der Waals surface area contributed by atoms with Crippen molar-refractivity contribution >= 4 is 17.5 Å². The molecule has 128 valence electrons. The minimum atomic E-state index is -0.120. The molecule has 0 N–H and O–H groups in total. The lowest BCUT2D eigenvalue weighted by atomic mass is 9.87. The Morgan fingerprint density at radius 2 is 1.65 bits per heavy atom. The first-order valence-corrected chi connectivity index (χ1v) is 8.29. The quantitative estimate of drug-likeness (QED) is 0.804. The van der Waals surface area contributed by atoms with Crippen molar-refractivity contribution in [1.29, 1.82) is 0 Å². The molecule has 0 atom stereocenters. The number of hydrogen-bond donors (Lipinski definition) is 0. The van der Waals surface area contributed by atoms with E-state index in [1.165, 1.54) is 17.4 Å². The number of anilines is 1. The van der Waals surface area contributed by atoms with Crippen molar-refractivity contribution in [2.75, 3.05) is 25.0 Å². The maximum Gasteiger partial charge on any atom is 0.242 e. The van der Waals surface area contributed by atoms with Gasteiger partial charge < -0.3 is 9.80 Å². The molecular weight excluding hydrogens is 288 g/mol. The molecule has 0 saturated heterocycles. The Hall–Kier alpha value is -1.84. The van der Waals surface area contributed by atoms with E-state index in [4.69, 9.17) is 0 Å². The number of unbranched alkanes of at least 4 members (excludes halogenated alkanes) is 1. The summed E-state index contributed by atoms with van der Waals surface area (Å²) in [5.41, 5.74) is 2.04. The van der Waals surface area contributed by atoms with Crippen LogP contribution in [-0.2, 0) is 15.0 Å². The van der Waals surface area contributed by atoms with Gasteiger partial charge in [0.05, 0.1) is 0 Å². The molecule has 0 bridgehead atoms. The van der Waals surface area contributed by atoms with Gasteiger partial charge in [-0.05, 0) is 29.5 Å². The van der Waals surface area contributed by atoms with Crippen LogP contribution in [0.4, 0.5) is 5.69 Å². The maximum atomic E-state index is 12.3. The van der Waals surface area contributed by atoms with E-state index in [1.54, 1.807) is 11.9 Å². The van der Waals surface area contributed by atoms with Gasteiger partial charge in [-0.15, -0.1) is 0 Å². The van der Waals surface area contributed by atoms with Crippen molar-refractivity contribution in [2.24, 2.45) is 0 Å². The van der Waals surface area contributed by atoms with Crippen molar-refractivity contribution < 1.29 is 9.59 Å². The first-order chi connectivity index (χ1) is 10.7. The fourth-order valence-corrected chi connectivity index (χ4v) is 2.30. The molecule has 0 aliphatic heterocycles. The van der Waals surface area contributed by atoms with Crippen molar-refractivity contribution in [3.05, 3.63) is 29.8 Å². The average molecular weight is 318 g/mol. The fraction of sp³-hybridized carbons (Fsp3) is 0.579. The van der Waals surface area contributed by atoms with Crippen LogP contribution in [0.3, 0.4) is 0 Å². The molecule has 1 aromatic rings. The second kappa shape index (κ2) is 8.14. The van der Waals surface area contributed by atoms with Gasteiger partial charge >= 0.3 is 0 Å². The van der Waals surface area contributed by atoms with E-state index in [1.807, 2.05) is 24.3 Å². The summed E-state index contributed by atoms with van der Waals surface area (Å²) in [7, 11) is 1.79. The van der Waals surface area contributed by atoms with Crippen LogP contribution < -0.4 is 4.90 Å². The lowest BCUT2D eigenvalue weighted by Gasteiger charge is -2.25. The highest BCUT2D eigenvalue weighted by Gasteiger charge is 2.19. The van der Waals surface area contributed by atoms with E-state index in [-0.39, 0.29) is 23.8 Å². The zero-order valence-electron chi connectivity index (χ0n) is 15.3. The molecule has 0 aromatic heterocycles. The third-order valence-electron chi connectivity index (χ3n) is 3.99. The van der Waals surface area contributed by atoms with Crippen LogP contribution in [0.1, 0.15) is 53.0 Å². The normalized spacial score (nSPS) is 11.2. The molecule has 23 heavy (non-hydrogen) atoms. The Labute approximate surface area is 140 Å². The molecule has 0 saturated carbocycles. The first-order valence-electron chi connectivity index (χ1n) is 8.29. The summed E-state index contributed by atoms with van der Waals surface area (Å²) in [6.45, 7) is 10.9. The summed E-state index contributed by atoms with van der Waals surface area (Å²) in [6.07, 6.45) is 2.02. The minimum absolute atomic E-state index is 0.0338. The average Bonchev–Trinajstić information content (AvgIpc) is 2.48. The Bertz CT molecular complexity index is 529. The Morgan fingerprint density at radius 1 is 1.09 bits per heavy atom. The highest BCUT2D eigenvalue weighted by Crippen LogP contribution is 2.25. The van der Waals surface area contributed by atoms with Gasteiger partial charge in [-0.2, -0.15) is 0 Å². The molecule has 4 nitrogen and oxygen atoms in total. The smallest absolute Gasteiger partial charge is 0.242 e. The van der Waals surface area contributed by atoms with Crippen LogP contribution in [0, 0.1) is 0 Å². The van der Waals surface area contributed by atoms with Gasteiger partial charge in [0, 0.05) is 26.2 Å². The van der Waals surface area contributed by atoms with Gasteiger partial charge in [-0.1, -0.05) is 46.2 Å². The summed E-state index contributed by atoms with van der Waals surface area (Å²) in [5, 5.41) is 0. The van der Waals surface area contributed by atoms with E-state index in [0.717, 1.165) is 25.1 Å². The monoisotopic (exact) mass is 318 g/mol. The molecule has 0 radical (unpaired) electrons. The standard InChI is InChI=1S/C19H30N2O2/c1-7-8-13-20(6)18(23)14-21(15(2)22)17-11-9-16(10-12-17)19(3,4)5/h9-12H,7-8,13-14H2,1-6H3.